The van der Waals surface area contributed by atoms with Crippen molar-refractivity contribution in [1.29, 1.82) is 0 Å². The highest BCUT2D eigenvalue weighted by molar-refractivity contribution is 5.56. The van der Waals surface area contributed by atoms with Crippen molar-refractivity contribution in [3.63, 3.8) is 0 Å². The first-order valence-corrected chi connectivity index (χ1v) is 6.49. The van der Waals surface area contributed by atoms with E-state index in [0.717, 1.165) is 31.3 Å². The number of benzene rings is 1. The quantitative estimate of drug-likeness (QED) is 0.833. The van der Waals surface area contributed by atoms with Gasteiger partial charge in [0.2, 0.25) is 0 Å². The molecular weight excluding hydrogens is 212 g/mol. The predicted molar refractivity (Wildman–Crippen MR) is 69.7 cm³/mol. The van der Waals surface area contributed by atoms with Crippen LogP contribution in [0.3, 0.4) is 0 Å². The van der Waals surface area contributed by atoms with Crippen LogP contribution in [-0.2, 0) is 6.42 Å². The lowest BCUT2D eigenvalue weighted by atomic mass is 9.93. The highest BCUT2D eigenvalue weighted by atomic mass is 16.5. The highest BCUT2D eigenvalue weighted by Gasteiger charge is 2.24. The Labute approximate surface area is 103 Å². The zero-order valence-corrected chi connectivity index (χ0v) is 10.3. The molecule has 0 spiro atoms. The van der Waals surface area contributed by atoms with E-state index in [9.17, 15) is 0 Å². The molecule has 0 bridgehead atoms. The summed E-state index contributed by atoms with van der Waals surface area (Å²) >= 11 is 0. The molecule has 1 aromatic carbocycles. The van der Waals surface area contributed by atoms with E-state index in [4.69, 9.17) is 4.74 Å². The number of fused-ring (bicyclic) bond motifs is 1. The number of anilines is 1. The Kier molecular flexibility index (Phi) is 2.93. The lowest BCUT2D eigenvalue weighted by Crippen LogP contribution is -2.33. The summed E-state index contributed by atoms with van der Waals surface area (Å²) in [5.41, 5.74) is 2.66. The number of methoxy groups -OCH3 is 1. The van der Waals surface area contributed by atoms with Crippen LogP contribution in [0.1, 0.15) is 18.4 Å². The molecule has 2 aliphatic rings. The number of rotatable bonds is 4. The summed E-state index contributed by atoms with van der Waals surface area (Å²) in [5, 5.41) is 7.13. The van der Waals surface area contributed by atoms with Gasteiger partial charge in [0.05, 0.1) is 7.11 Å². The molecule has 1 aromatic rings. The molecular formula is C14H20N2O. The number of nitrogens with one attached hydrogen (secondary N) is 2. The lowest BCUT2D eigenvalue weighted by Gasteiger charge is -2.26. The number of hydrogen-bond donors (Lipinski definition) is 2. The molecule has 17 heavy (non-hydrogen) atoms. The minimum Gasteiger partial charge on any atom is -0.497 e. The zero-order valence-electron chi connectivity index (χ0n) is 10.3. The minimum absolute atomic E-state index is 0.704. The molecule has 3 nitrogen and oxygen atoms in total. The Hall–Kier alpha value is -1.22. The monoisotopic (exact) mass is 232 g/mol. The Morgan fingerprint density at radius 1 is 1.41 bits per heavy atom. The summed E-state index contributed by atoms with van der Waals surface area (Å²) in [7, 11) is 1.73. The first-order valence-electron chi connectivity index (χ1n) is 6.49. The molecule has 1 atom stereocenters. The molecule has 2 N–H and O–H groups in total. The van der Waals surface area contributed by atoms with Gasteiger partial charge in [0.15, 0.2) is 0 Å². The fourth-order valence-electron chi connectivity index (χ4n) is 2.44. The van der Waals surface area contributed by atoms with Crippen LogP contribution in [-0.4, -0.2) is 26.2 Å². The molecule has 1 fully saturated rings. The van der Waals surface area contributed by atoms with Crippen LogP contribution in [0.25, 0.3) is 0 Å². The molecule has 0 amide bonds. The Morgan fingerprint density at radius 2 is 2.29 bits per heavy atom. The van der Waals surface area contributed by atoms with Crippen molar-refractivity contribution >= 4 is 5.69 Å². The first kappa shape index (κ1) is 10.9. The third-order valence-corrected chi connectivity index (χ3v) is 3.67. The van der Waals surface area contributed by atoms with Crippen molar-refractivity contribution in [2.75, 3.05) is 25.5 Å². The van der Waals surface area contributed by atoms with E-state index in [1.54, 1.807) is 7.11 Å². The average molecular weight is 232 g/mol. The second-order valence-electron chi connectivity index (χ2n) is 5.16. The maximum Gasteiger partial charge on any atom is 0.119 e. The smallest absolute Gasteiger partial charge is 0.119 e. The van der Waals surface area contributed by atoms with Gasteiger partial charge in [0.25, 0.3) is 0 Å². The van der Waals surface area contributed by atoms with Gasteiger partial charge in [-0.25, -0.2) is 0 Å². The van der Waals surface area contributed by atoms with E-state index in [2.05, 4.69) is 22.8 Å². The molecule has 92 valence electrons. The standard InChI is InChI=1S/C14H20N2O/c1-17-13-4-5-14-11(7-13)6-10(9-16-14)8-15-12-2-3-12/h4-5,7,10,12,15-16H,2-3,6,8-9H2,1H3. The van der Waals surface area contributed by atoms with Crippen LogP contribution in [0.15, 0.2) is 18.2 Å². The van der Waals surface area contributed by atoms with Gasteiger partial charge in [0.1, 0.15) is 5.75 Å². The molecule has 1 aliphatic carbocycles. The van der Waals surface area contributed by atoms with E-state index >= 15 is 0 Å². The number of hydrogen-bond acceptors (Lipinski definition) is 3. The summed E-state index contributed by atoms with van der Waals surface area (Å²) in [5.74, 6) is 1.66. The van der Waals surface area contributed by atoms with E-state index in [1.165, 1.54) is 24.1 Å². The molecule has 0 radical (unpaired) electrons. The van der Waals surface area contributed by atoms with Gasteiger partial charge in [-0.05, 0) is 48.9 Å². The second-order valence-corrected chi connectivity index (χ2v) is 5.16. The van der Waals surface area contributed by atoms with Crippen LogP contribution >= 0.6 is 0 Å². The van der Waals surface area contributed by atoms with Crippen molar-refractivity contribution in [1.82, 2.24) is 5.32 Å². The molecule has 0 aromatic heterocycles. The number of ether oxygens (including phenoxy) is 1. The fraction of sp³-hybridized carbons (Fsp3) is 0.571. The van der Waals surface area contributed by atoms with Crippen LogP contribution in [0.2, 0.25) is 0 Å². The maximum atomic E-state index is 5.28. The molecule has 1 heterocycles. The SMILES string of the molecule is COc1ccc2c(c1)CC(CNC1CC1)CN2. The lowest BCUT2D eigenvalue weighted by molar-refractivity contribution is 0.413. The van der Waals surface area contributed by atoms with E-state index in [0.29, 0.717) is 5.92 Å². The van der Waals surface area contributed by atoms with Crippen molar-refractivity contribution in [2.45, 2.75) is 25.3 Å². The Morgan fingerprint density at radius 3 is 3.06 bits per heavy atom. The largest absolute Gasteiger partial charge is 0.497 e. The Bertz CT molecular complexity index is 401. The van der Waals surface area contributed by atoms with Gasteiger partial charge >= 0.3 is 0 Å². The van der Waals surface area contributed by atoms with Gasteiger partial charge in [0, 0.05) is 24.8 Å². The zero-order chi connectivity index (χ0) is 11.7. The molecule has 3 rings (SSSR count). The van der Waals surface area contributed by atoms with E-state index < -0.39 is 0 Å². The first-order chi connectivity index (χ1) is 8.35. The second kappa shape index (κ2) is 4.57. The molecule has 1 saturated carbocycles. The highest BCUT2D eigenvalue weighted by Crippen LogP contribution is 2.28. The summed E-state index contributed by atoms with van der Waals surface area (Å²) in [6.45, 7) is 2.22. The normalized spacial score (nSPS) is 22.8. The van der Waals surface area contributed by atoms with Crippen LogP contribution in [0.4, 0.5) is 5.69 Å². The third kappa shape index (κ3) is 2.55. The van der Waals surface area contributed by atoms with E-state index in [1.807, 2.05) is 6.07 Å². The van der Waals surface area contributed by atoms with Crippen LogP contribution < -0.4 is 15.4 Å². The maximum absolute atomic E-state index is 5.28. The predicted octanol–water partition coefficient (Wildman–Crippen LogP) is 2.03. The summed E-state index contributed by atoms with van der Waals surface area (Å²) < 4.78 is 5.28. The summed E-state index contributed by atoms with van der Waals surface area (Å²) in [4.78, 5) is 0. The summed E-state index contributed by atoms with van der Waals surface area (Å²) in [6.07, 6.45) is 3.88. The van der Waals surface area contributed by atoms with Gasteiger partial charge < -0.3 is 15.4 Å². The average Bonchev–Trinajstić information content (AvgIpc) is 3.19. The van der Waals surface area contributed by atoms with Gasteiger partial charge in [-0.15, -0.1) is 0 Å². The van der Waals surface area contributed by atoms with Gasteiger partial charge in [-0.3, -0.25) is 0 Å². The van der Waals surface area contributed by atoms with Crippen LogP contribution in [0, 0.1) is 5.92 Å². The van der Waals surface area contributed by atoms with Crippen LogP contribution in [0.5, 0.6) is 5.75 Å². The minimum atomic E-state index is 0.704. The molecule has 0 saturated heterocycles. The summed E-state index contributed by atoms with van der Waals surface area (Å²) in [6, 6.07) is 7.11. The molecule has 1 unspecified atom stereocenters. The van der Waals surface area contributed by atoms with Crippen molar-refractivity contribution in [3.8, 4) is 5.75 Å². The van der Waals surface area contributed by atoms with Crippen molar-refractivity contribution in [2.24, 2.45) is 5.92 Å². The van der Waals surface area contributed by atoms with Crippen molar-refractivity contribution in [3.05, 3.63) is 23.8 Å². The molecule has 3 heteroatoms. The Balaban J connectivity index is 1.65. The molecule has 1 aliphatic heterocycles. The van der Waals surface area contributed by atoms with Gasteiger partial charge in [-0.1, -0.05) is 0 Å². The van der Waals surface area contributed by atoms with Crippen molar-refractivity contribution < 1.29 is 4.74 Å². The fourth-order valence-corrected chi connectivity index (χ4v) is 2.44. The topological polar surface area (TPSA) is 33.3 Å². The third-order valence-electron chi connectivity index (χ3n) is 3.67. The van der Waals surface area contributed by atoms with E-state index in [-0.39, 0.29) is 0 Å². The van der Waals surface area contributed by atoms with Gasteiger partial charge in [-0.2, -0.15) is 0 Å².